The topological polar surface area (TPSA) is 83.8 Å². The Morgan fingerprint density at radius 1 is 0.826 bits per heavy atom. The minimum Gasteiger partial charge on any atom is -0.481 e. The first-order chi connectivity index (χ1) is 11.1. The molecule has 0 heterocycles. The predicted octanol–water partition coefficient (Wildman–Crippen LogP) is 4.41. The number of carboxylic acid groups (broad SMARTS) is 1. The summed E-state index contributed by atoms with van der Waals surface area (Å²) in [5, 5.41) is 18.2. The second-order valence-electron chi connectivity index (χ2n) is 6.16. The molecule has 136 valence electrons. The van der Waals surface area contributed by atoms with Crippen molar-refractivity contribution in [1.29, 1.82) is 0 Å². The summed E-state index contributed by atoms with van der Waals surface area (Å²) in [7, 11) is 0. The van der Waals surface area contributed by atoms with Gasteiger partial charge in [0.25, 0.3) is 0 Å². The second kappa shape index (κ2) is 15.8. The fraction of sp³-hybridized carbons (Fsp3) is 0.889. The molecule has 0 aliphatic carbocycles. The number of ether oxygens (including phenoxy) is 1. The number of esters is 1. The zero-order valence-corrected chi connectivity index (χ0v) is 14.6. The maximum Gasteiger partial charge on any atom is 0.308 e. The molecule has 0 aromatic heterocycles. The average molecular weight is 330 g/mol. The number of aliphatic hydroxyl groups excluding tert-OH is 1. The van der Waals surface area contributed by atoms with E-state index in [1.807, 2.05) is 0 Å². The lowest BCUT2D eigenvalue weighted by atomic mass is 10.1. The van der Waals surface area contributed by atoms with E-state index in [9.17, 15) is 14.7 Å². The van der Waals surface area contributed by atoms with Crippen molar-refractivity contribution in [2.24, 2.45) is 0 Å². The molecule has 0 spiro atoms. The van der Waals surface area contributed by atoms with Crippen molar-refractivity contribution in [1.82, 2.24) is 0 Å². The third-order valence-electron chi connectivity index (χ3n) is 3.84. The second-order valence-corrected chi connectivity index (χ2v) is 6.16. The normalized spacial score (nSPS) is 12.1. The molecule has 0 bridgehead atoms. The Bertz CT molecular complexity index is 304. The molecule has 0 fully saturated rings. The minimum atomic E-state index is -0.968. The van der Waals surface area contributed by atoms with Gasteiger partial charge in [-0.1, -0.05) is 58.3 Å². The summed E-state index contributed by atoms with van der Waals surface area (Å²) < 4.78 is 4.98. The molecular formula is C18H34O5. The Morgan fingerprint density at radius 2 is 1.35 bits per heavy atom. The van der Waals surface area contributed by atoms with Crippen LogP contribution in [-0.2, 0) is 14.3 Å². The first-order valence-electron chi connectivity index (χ1n) is 9.15. The zero-order valence-electron chi connectivity index (χ0n) is 14.6. The van der Waals surface area contributed by atoms with Gasteiger partial charge in [-0.05, 0) is 19.3 Å². The lowest BCUT2D eigenvalue weighted by Gasteiger charge is -2.12. The zero-order chi connectivity index (χ0) is 17.3. The standard InChI is InChI=1S/C18H34O5/c1-2-3-4-5-8-11-14-17(21)23-18(22)15-12-9-6-7-10-13-16(19)20/h17,21H,2-15H2,1H3,(H,19,20). The number of aliphatic carboxylic acids is 1. The fourth-order valence-electron chi connectivity index (χ4n) is 2.44. The summed E-state index contributed by atoms with van der Waals surface area (Å²) in [6.07, 6.45) is 11.1. The average Bonchev–Trinajstić information content (AvgIpc) is 2.49. The molecular weight excluding hydrogens is 296 g/mol. The molecule has 5 nitrogen and oxygen atoms in total. The van der Waals surface area contributed by atoms with Crippen LogP contribution in [0.4, 0.5) is 0 Å². The molecule has 0 amide bonds. The molecule has 1 unspecified atom stereocenters. The van der Waals surface area contributed by atoms with Gasteiger partial charge in [-0.2, -0.15) is 0 Å². The first kappa shape index (κ1) is 21.9. The summed E-state index contributed by atoms with van der Waals surface area (Å²) in [5.74, 6) is -1.10. The van der Waals surface area contributed by atoms with Crippen LogP contribution >= 0.6 is 0 Å². The van der Waals surface area contributed by atoms with Gasteiger partial charge in [0.2, 0.25) is 6.29 Å². The van der Waals surface area contributed by atoms with Crippen LogP contribution in [0.25, 0.3) is 0 Å². The van der Waals surface area contributed by atoms with Gasteiger partial charge >= 0.3 is 11.9 Å². The van der Waals surface area contributed by atoms with Gasteiger partial charge in [-0.15, -0.1) is 0 Å². The van der Waals surface area contributed by atoms with E-state index in [2.05, 4.69) is 6.92 Å². The van der Waals surface area contributed by atoms with Gasteiger partial charge in [0, 0.05) is 19.3 Å². The van der Waals surface area contributed by atoms with Crippen LogP contribution in [0.2, 0.25) is 0 Å². The van der Waals surface area contributed by atoms with Crippen molar-refractivity contribution in [2.45, 2.75) is 103 Å². The summed E-state index contributed by atoms with van der Waals surface area (Å²) in [4.78, 5) is 21.9. The SMILES string of the molecule is CCCCCCCCC(O)OC(=O)CCCCCCCC(=O)O. The first-order valence-corrected chi connectivity index (χ1v) is 9.15. The Morgan fingerprint density at radius 3 is 1.96 bits per heavy atom. The monoisotopic (exact) mass is 330 g/mol. The highest BCUT2D eigenvalue weighted by Crippen LogP contribution is 2.11. The van der Waals surface area contributed by atoms with E-state index in [1.165, 1.54) is 25.7 Å². The van der Waals surface area contributed by atoms with Gasteiger partial charge in [0.1, 0.15) is 0 Å². The molecule has 0 aliphatic heterocycles. The molecule has 1 atom stereocenters. The highest BCUT2D eigenvalue weighted by molar-refractivity contribution is 5.69. The molecule has 2 N–H and O–H groups in total. The van der Waals surface area contributed by atoms with Crippen LogP contribution in [0.1, 0.15) is 96.8 Å². The van der Waals surface area contributed by atoms with E-state index >= 15 is 0 Å². The van der Waals surface area contributed by atoms with Crippen molar-refractivity contribution in [3.8, 4) is 0 Å². The fourth-order valence-corrected chi connectivity index (χ4v) is 2.44. The number of unbranched alkanes of at least 4 members (excludes halogenated alkanes) is 9. The lowest BCUT2D eigenvalue weighted by Crippen LogP contribution is -2.17. The highest BCUT2D eigenvalue weighted by atomic mass is 16.6. The molecule has 0 rings (SSSR count). The lowest BCUT2D eigenvalue weighted by molar-refractivity contribution is -0.169. The van der Waals surface area contributed by atoms with Crippen LogP contribution in [0, 0.1) is 0 Å². The van der Waals surface area contributed by atoms with Crippen molar-refractivity contribution in [3.63, 3.8) is 0 Å². The number of carbonyl (C=O) groups is 2. The van der Waals surface area contributed by atoms with Crippen LogP contribution in [0.15, 0.2) is 0 Å². The molecule has 0 aromatic rings. The van der Waals surface area contributed by atoms with Crippen molar-refractivity contribution in [2.75, 3.05) is 0 Å². The number of aliphatic hydroxyl groups is 1. The Kier molecular flexibility index (Phi) is 15.0. The molecule has 23 heavy (non-hydrogen) atoms. The Hall–Kier alpha value is -1.10. The largest absolute Gasteiger partial charge is 0.481 e. The third-order valence-corrected chi connectivity index (χ3v) is 3.84. The van der Waals surface area contributed by atoms with E-state index in [-0.39, 0.29) is 12.4 Å². The molecule has 0 saturated heterocycles. The third kappa shape index (κ3) is 17.1. The maximum absolute atomic E-state index is 11.5. The summed E-state index contributed by atoms with van der Waals surface area (Å²) in [6.45, 7) is 2.18. The molecule has 0 aliphatic rings. The number of rotatable bonds is 16. The summed E-state index contributed by atoms with van der Waals surface area (Å²) in [5.41, 5.74) is 0. The molecule has 0 radical (unpaired) electrons. The van der Waals surface area contributed by atoms with E-state index in [1.54, 1.807) is 0 Å². The van der Waals surface area contributed by atoms with Crippen molar-refractivity contribution >= 4 is 11.9 Å². The van der Waals surface area contributed by atoms with E-state index in [0.717, 1.165) is 38.5 Å². The minimum absolute atomic E-state index is 0.215. The number of carboxylic acids is 1. The van der Waals surface area contributed by atoms with Crippen LogP contribution in [0.3, 0.4) is 0 Å². The van der Waals surface area contributed by atoms with Gasteiger partial charge in [0.15, 0.2) is 0 Å². The van der Waals surface area contributed by atoms with Gasteiger partial charge in [-0.25, -0.2) is 0 Å². The van der Waals surface area contributed by atoms with Gasteiger partial charge < -0.3 is 14.9 Å². The van der Waals surface area contributed by atoms with E-state index in [0.29, 0.717) is 19.3 Å². The predicted molar refractivity (Wildman–Crippen MR) is 90.0 cm³/mol. The summed E-state index contributed by atoms with van der Waals surface area (Å²) in [6, 6.07) is 0. The van der Waals surface area contributed by atoms with Crippen molar-refractivity contribution < 1.29 is 24.5 Å². The van der Waals surface area contributed by atoms with Gasteiger partial charge in [0.05, 0.1) is 0 Å². The van der Waals surface area contributed by atoms with Gasteiger partial charge in [-0.3, -0.25) is 9.59 Å². The number of hydrogen-bond acceptors (Lipinski definition) is 4. The molecule has 0 aromatic carbocycles. The highest BCUT2D eigenvalue weighted by Gasteiger charge is 2.10. The molecule has 0 saturated carbocycles. The number of hydrogen-bond donors (Lipinski definition) is 2. The van der Waals surface area contributed by atoms with Crippen LogP contribution in [0.5, 0.6) is 0 Å². The quantitative estimate of drug-likeness (QED) is 0.249. The van der Waals surface area contributed by atoms with E-state index in [4.69, 9.17) is 9.84 Å². The maximum atomic E-state index is 11.5. The molecule has 5 heteroatoms. The Labute approximate surface area is 140 Å². The number of carbonyl (C=O) groups excluding carboxylic acids is 1. The van der Waals surface area contributed by atoms with Crippen molar-refractivity contribution in [3.05, 3.63) is 0 Å². The summed E-state index contributed by atoms with van der Waals surface area (Å²) >= 11 is 0. The van der Waals surface area contributed by atoms with E-state index < -0.39 is 12.3 Å². The van der Waals surface area contributed by atoms with Crippen LogP contribution in [-0.4, -0.2) is 28.4 Å². The smallest absolute Gasteiger partial charge is 0.308 e. The van der Waals surface area contributed by atoms with Crippen LogP contribution < -0.4 is 0 Å². The Balaban J connectivity index is 3.38.